The Morgan fingerprint density at radius 2 is 1.47 bits per heavy atom. The molecule has 0 bridgehead atoms. The van der Waals surface area contributed by atoms with Gasteiger partial charge in [-0.15, -0.1) is 0 Å². The van der Waals surface area contributed by atoms with Gasteiger partial charge in [-0.2, -0.15) is 0 Å². The Hall–Kier alpha value is -2.30. The van der Waals surface area contributed by atoms with E-state index in [1.807, 2.05) is 24.3 Å². The number of rotatable bonds is 5. The summed E-state index contributed by atoms with van der Waals surface area (Å²) in [4.78, 5) is 5.13. The van der Waals surface area contributed by atoms with Gasteiger partial charge in [-0.3, -0.25) is 9.80 Å². The van der Waals surface area contributed by atoms with Gasteiger partial charge in [0, 0.05) is 61.9 Å². The Morgan fingerprint density at radius 3 is 2.19 bits per heavy atom. The number of hydrogen-bond donors (Lipinski definition) is 0. The van der Waals surface area contributed by atoms with Gasteiger partial charge in [-0.25, -0.2) is 0 Å². The van der Waals surface area contributed by atoms with E-state index in [9.17, 15) is 0 Å². The van der Waals surface area contributed by atoms with E-state index in [0.29, 0.717) is 0 Å². The van der Waals surface area contributed by atoms with Crippen molar-refractivity contribution in [2.75, 3.05) is 26.2 Å². The fraction of sp³-hybridized carbons (Fsp3) is 0.259. The number of hydrogen-bond acceptors (Lipinski definition) is 2. The molecule has 0 radical (unpaired) electrons. The minimum Gasteiger partial charge on any atom is -0.350 e. The molecule has 1 saturated heterocycles. The average molecular weight is 464 g/mol. The maximum atomic E-state index is 6.56. The largest absolute Gasteiger partial charge is 0.350 e. The summed E-state index contributed by atoms with van der Waals surface area (Å²) in [6.07, 6.45) is 2.23. The molecule has 1 aliphatic rings. The highest BCUT2D eigenvalue weighted by molar-refractivity contribution is 6.35. The van der Waals surface area contributed by atoms with Crippen molar-refractivity contribution in [2.24, 2.45) is 7.05 Å². The van der Waals surface area contributed by atoms with Crippen LogP contribution in [0, 0.1) is 0 Å². The molecule has 1 atom stereocenters. The number of nitrogens with zero attached hydrogens (tertiary/aromatic N) is 3. The molecule has 1 aliphatic heterocycles. The van der Waals surface area contributed by atoms with Gasteiger partial charge < -0.3 is 4.57 Å². The van der Waals surface area contributed by atoms with Crippen LogP contribution in [0.5, 0.6) is 0 Å². The first-order chi connectivity index (χ1) is 15.6. The molecule has 0 unspecified atom stereocenters. The van der Waals surface area contributed by atoms with Crippen molar-refractivity contribution in [1.82, 2.24) is 14.4 Å². The van der Waals surface area contributed by atoms with Gasteiger partial charge in [0.05, 0.1) is 11.1 Å². The van der Waals surface area contributed by atoms with E-state index in [4.69, 9.17) is 23.2 Å². The second-order valence-electron chi connectivity index (χ2n) is 8.58. The Balaban J connectivity index is 1.34. The molecule has 1 fully saturated rings. The minimum absolute atomic E-state index is 0.239. The molecule has 0 N–H and O–H groups in total. The second kappa shape index (κ2) is 9.29. The first kappa shape index (κ1) is 21.5. The standard InChI is InChI=1S/C27H27Cl2N3/c1-30-18-22(26-24(29)8-5-9-25(26)30)19-31-14-16-32(17-15-31)27(20-6-3-2-4-7-20)21-10-12-23(28)13-11-21/h2-13,18,27H,14-17,19H2,1H3/t27-/m0/s1. The molecule has 0 aliphatic carbocycles. The van der Waals surface area contributed by atoms with Crippen molar-refractivity contribution < 1.29 is 0 Å². The molecular formula is C27H27Cl2N3. The quantitative estimate of drug-likeness (QED) is 0.339. The van der Waals surface area contributed by atoms with E-state index in [1.165, 1.54) is 27.6 Å². The van der Waals surface area contributed by atoms with E-state index in [1.54, 1.807) is 0 Å². The molecular weight excluding hydrogens is 437 g/mol. The van der Waals surface area contributed by atoms with E-state index in [2.05, 4.69) is 76.1 Å². The molecule has 0 spiro atoms. The molecule has 164 valence electrons. The number of aryl methyl sites for hydroxylation is 1. The number of halogens is 2. The molecule has 3 aromatic carbocycles. The lowest BCUT2D eigenvalue weighted by Gasteiger charge is -2.39. The van der Waals surface area contributed by atoms with Crippen LogP contribution in [0.2, 0.25) is 10.0 Å². The van der Waals surface area contributed by atoms with Gasteiger partial charge in [-0.1, -0.05) is 71.7 Å². The normalized spacial score (nSPS) is 16.5. The lowest BCUT2D eigenvalue weighted by molar-refractivity contribution is 0.105. The summed E-state index contributed by atoms with van der Waals surface area (Å²) < 4.78 is 2.18. The lowest BCUT2D eigenvalue weighted by atomic mass is 9.96. The summed E-state index contributed by atoms with van der Waals surface area (Å²) in [5.74, 6) is 0. The van der Waals surface area contributed by atoms with Crippen LogP contribution in [-0.4, -0.2) is 40.5 Å². The zero-order valence-electron chi connectivity index (χ0n) is 18.2. The van der Waals surface area contributed by atoms with Crippen molar-refractivity contribution in [3.8, 4) is 0 Å². The first-order valence-corrected chi connectivity index (χ1v) is 11.8. The zero-order valence-corrected chi connectivity index (χ0v) is 19.7. The molecule has 5 rings (SSSR count). The van der Waals surface area contributed by atoms with Gasteiger partial charge in [0.1, 0.15) is 0 Å². The maximum absolute atomic E-state index is 6.56. The molecule has 0 amide bonds. The summed E-state index contributed by atoms with van der Waals surface area (Å²) in [5, 5.41) is 2.80. The second-order valence-corrected chi connectivity index (χ2v) is 9.42. The minimum atomic E-state index is 0.239. The van der Waals surface area contributed by atoms with Crippen LogP contribution in [0.4, 0.5) is 0 Å². The molecule has 4 aromatic rings. The smallest absolute Gasteiger partial charge is 0.0602 e. The molecule has 0 saturated carbocycles. The Kier molecular flexibility index (Phi) is 6.25. The number of benzene rings is 3. The number of aromatic nitrogens is 1. The van der Waals surface area contributed by atoms with Gasteiger partial charge in [-0.05, 0) is 41.0 Å². The van der Waals surface area contributed by atoms with Crippen molar-refractivity contribution in [3.05, 3.63) is 106 Å². The zero-order chi connectivity index (χ0) is 22.1. The van der Waals surface area contributed by atoms with Crippen LogP contribution in [0.1, 0.15) is 22.7 Å². The number of piperazine rings is 1. The van der Waals surface area contributed by atoms with Crippen LogP contribution in [0.25, 0.3) is 10.9 Å². The average Bonchev–Trinajstić information content (AvgIpc) is 3.13. The van der Waals surface area contributed by atoms with Crippen molar-refractivity contribution in [1.29, 1.82) is 0 Å². The lowest BCUT2D eigenvalue weighted by Crippen LogP contribution is -2.47. The third kappa shape index (κ3) is 4.31. The van der Waals surface area contributed by atoms with Crippen molar-refractivity contribution >= 4 is 34.1 Å². The fourth-order valence-corrected chi connectivity index (χ4v) is 5.34. The summed E-state index contributed by atoms with van der Waals surface area (Å²) in [6.45, 7) is 5.00. The monoisotopic (exact) mass is 463 g/mol. The van der Waals surface area contributed by atoms with Crippen LogP contribution in [0.15, 0.2) is 79.0 Å². The number of fused-ring (bicyclic) bond motifs is 1. The molecule has 1 aromatic heterocycles. The first-order valence-electron chi connectivity index (χ1n) is 11.1. The maximum Gasteiger partial charge on any atom is 0.0602 e. The van der Waals surface area contributed by atoms with Crippen LogP contribution in [0.3, 0.4) is 0 Å². The SMILES string of the molecule is Cn1cc(CN2CCN([C@@H](c3ccccc3)c3ccc(Cl)cc3)CC2)c2c(Cl)cccc21. The highest BCUT2D eigenvalue weighted by atomic mass is 35.5. The van der Waals surface area contributed by atoms with Gasteiger partial charge in [0.25, 0.3) is 0 Å². The summed E-state index contributed by atoms with van der Waals surface area (Å²) in [6, 6.07) is 25.5. The third-order valence-corrected chi connectivity index (χ3v) is 7.08. The van der Waals surface area contributed by atoms with Crippen LogP contribution < -0.4 is 0 Å². The fourth-order valence-electron chi connectivity index (χ4n) is 4.93. The highest BCUT2D eigenvalue weighted by Gasteiger charge is 2.27. The van der Waals surface area contributed by atoms with E-state index in [0.717, 1.165) is 42.8 Å². The summed E-state index contributed by atoms with van der Waals surface area (Å²) in [7, 11) is 2.09. The predicted molar refractivity (Wildman–Crippen MR) is 135 cm³/mol. The summed E-state index contributed by atoms with van der Waals surface area (Å²) in [5.41, 5.74) is 5.11. The highest BCUT2D eigenvalue weighted by Crippen LogP contribution is 2.32. The molecule has 3 nitrogen and oxygen atoms in total. The Bertz CT molecular complexity index is 1190. The van der Waals surface area contributed by atoms with E-state index in [-0.39, 0.29) is 6.04 Å². The van der Waals surface area contributed by atoms with E-state index < -0.39 is 0 Å². The molecule has 2 heterocycles. The van der Waals surface area contributed by atoms with Gasteiger partial charge in [0.15, 0.2) is 0 Å². The van der Waals surface area contributed by atoms with Gasteiger partial charge in [0.2, 0.25) is 0 Å². The molecule has 5 heteroatoms. The molecule has 32 heavy (non-hydrogen) atoms. The van der Waals surface area contributed by atoms with E-state index >= 15 is 0 Å². The summed E-state index contributed by atoms with van der Waals surface area (Å²) >= 11 is 12.7. The Morgan fingerprint density at radius 1 is 0.781 bits per heavy atom. The Labute approximate surface area is 199 Å². The third-order valence-electron chi connectivity index (χ3n) is 6.51. The predicted octanol–water partition coefficient (Wildman–Crippen LogP) is 6.39. The van der Waals surface area contributed by atoms with Crippen molar-refractivity contribution in [2.45, 2.75) is 12.6 Å². The van der Waals surface area contributed by atoms with Crippen LogP contribution >= 0.6 is 23.2 Å². The topological polar surface area (TPSA) is 11.4 Å². The van der Waals surface area contributed by atoms with Gasteiger partial charge >= 0.3 is 0 Å². The van der Waals surface area contributed by atoms with Crippen LogP contribution in [-0.2, 0) is 13.6 Å². The van der Waals surface area contributed by atoms with Crippen molar-refractivity contribution in [3.63, 3.8) is 0 Å².